The summed E-state index contributed by atoms with van der Waals surface area (Å²) in [6.45, 7) is -0.525. The van der Waals surface area contributed by atoms with Gasteiger partial charge in [-0.05, 0) is 16.7 Å². The normalized spacial score (nSPS) is 14.2. The van der Waals surface area contributed by atoms with E-state index in [0.717, 1.165) is 29.2 Å². The van der Waals surface area contributed by atoms with Crippen LogP contribution in [0, 0.1) is 0 Å². The second-order valence-corrected chi connectivity index (χ2v) is 11.8. The molecule has 0 aliphatic rings. The number of aliphatic hydroxyl groups excluding tert-OH is 1. The van der Waals surface area contributed by atoms with Gasteiger partial charge in [-0.3, -0.25) is 4.18 Å². The fourth-order valence-corrected chi connectivity index (χ4v) is 4.89. The summed E-state index contributed by atoms with van der Waals surface area (Å²) in [5.41, 5.74) is 1.43. The quantitative estimate of drug-likeness (QED) is 0.128. The summed E-state index contributed by atoms with van der Waals surface area (Å²) >= 11 is 0. The summed E-state index contributed by atoms with van der Waals surface area (Å²) in [6, 6.07) is 28.8. The van der Waals surface area contributed by atoms with Crippen LogP contribution in [-0.4, -0.2) is 66.7 Å². The summed E-state index contributed by atoms with van der Waals surface area (Å²) in [5, 5.41) is 10.3. The van der Waals surface area contributed by atoms with E-state index >= 15 is 0 Å². The van der Waals surface area contributed by atoms with Crippen LogP contribution >= 0.6 is 0 Å². The lowest BCUT2D eigenvalue weighted by molar-refractivity contribution is -0.108. The predicted octanol–water partition coefficient (Wildman–Crippen LogP) is 3.04. The van der Waals surface area contributed by atoms with Crippen molar-refractivity contribution in [2.75, 3.05) is 32.3 Å². The number of hydrogen-bond donors (Lipinski definition) is 1. The van der Waals surface area contributed by atoms with Crippen LogP contribution in [0.25, 0.3) is 0 Å². The molecule has 11 heteroatoms. The van der Waals surface area contributed by atoms with Crippen LogP contribution in [0.3, 0.4) is 0 Å². The molecule has 0 amide bonds. The highest BCUT2D eigenvalue weighted by Gasteiger charge is 2.38. The average Bonchev–Trinajstić information content (AvgIpc) is 2.87. The van der Waals surface area contributed by atoms with Gasteiger partial charge in [0, 0.05) is 6.42 Å². The van der Waals surface area contributed by atoms with E-state index in [-0.39, 0.29) is 26.2 Å². The molecule has 0 spiro atoms. The molecule has 0 aliphatic heterocycles. The molecule has 0 aliphatic carbocycles. The van der Waals surface area contributed by atoms with E-state index in [0.29, 0.717) is 0 Å². The van der Waals surface area contributed by atoms with E-state index in [1.54, 1.807) is 0 Å². The smallest absolute Gasteiger partial charge is 0.266 e. The Bertz CT molecular complexity index is 1230. The molecule has 0 fully saturated rings. The molecule has 0 heterocycles. The molecule has 1 unspecified atom stereocenters. The minimum absolute atomic E-state index is 0.109. The Morgan fingerprint density at radius 2 is 1.16 bits per heavy atom. The zero-order valence-electron chi connectivity index (χ0n) is 21.2. The second-order valence-electron chi connectivity index (χ2n) is 8.60. The molecule has 1 N–H and O–H groups in total. The summed E-state index contributed by atoms with van der Waals surface area (Å²) < 4.78 is 67.5. The van der Waals surface area contributed by atoms with Gasteiger partial charge in [-0.2, -0.15) is 16.8 Å². The van der Waals surface area contributed by atoms with Gasteiger partial charge >= 0.3 is 0 Å². The first kappa shape index (κ1) is 29.9. The summed E-state index contributed by atoms with van der Waals surface area (Å²) in [5.74, 6) is 0. The Labute approximate surface area is 224 Å². The first-order valence-electron chi connectivity index (χ1n) is 11.8. The summed E-state index contributed by atoms with van der Waals surface area (Å²) in [4.78, 5) is 0. The van der Waals surface area contributed by atoms with Crippen LogP contribution in [0.15, 0.2) is 91.0 Å². The molecule has 3 rings (SSSR count). The molecule has 3 aromatic rings. The topological polar surface area (TPSA) is 125 Å². The first-order valence-corrected chi connectivity index (χ1v) is 15.5. The third-order valence-electron chi connectivity index (χ3n) is 5.51. The number of benzene rings is 3. The molecule has 38 heavy (non-hydrogen) atoms. The van der Waals surface area contributed by atoms with E-state index < -0.39 is 38.2 Å². The van der Waals surface area contributed by atoms with Crippen molar-refractivity contribution in [3.05, 3.63) is 108 Å². The molecular weight excluding hydrogens is 532 g/mol. The zero-order chi connectivity index (χ0) is 27.7. The van der Waals surface area contributed by atoms with Gasteiger partial charge in [-0.15, -0.1) is 0 Å². The number of ether oxygens (including phenoxy) is 2. The minimum atomic E-state index is -3.94. The molecule has 0 bridgehead atoms. The van der Waals surface area contributed by atoms with Gasteiger partial charge < -0.3 is 14.6 Å². The predicted molar refractivity (Wildman–Crippen MR) is 142 cm³/mol. The van der Waals surface area contributed by atoms with Gasteiger partial charge in [0.25, 0.3) is 20.2 Å². The number of aliphatic hydroxyl groups is 1. The van der Waals surface area contributed by atoms with Gasteiger partial charge in [-0.25, -0.2) is 4.18 Å². The largest absolute Gasteiger partial charge is 0.373 e. The Hall–Kier alpha value is -2.64. The van der Waals surface area contributed by atoms with Crippen LogP contribution in [0.4, 0.5) is 0 Å². The monoisotopic (exact) mass is 564 g/mol. The van der Waals surface area contributed by atoms with Crippen molar-refractivity contribution in [1.82, 2.24) is 0 Å². The van der Waals surface area contributed by atoms with Gasteiger partial charge in [0.05, 0.1) is 38.4 Å². The highest BCUT2D eigenvalue weighted by Crippen LogP contribution is 2.40. The maximum atomic E-state index is 11.5. The van der Waals surface area contributed by atoms with Crippen molar-refractivity contribution in [2.45, 2.75) is 24.4 Å². The van der Waals surface area contributed by atoms with Gasteiger partial charge in [0.1, 0.15) is 5.60 Å². The molecule has 0 saturated carbocycles. The van der Waals surface area contributed by atoms with Crippen molar-refractivity contribution in [2.24, 2.45) is 0 Å². The van der Waals surface area contributed by atoms with Crippen LogP contribution in [-0.2, 0) is 43.7 Å². The lowest BCUT2D eigenvalue weighted by Crippen LogP contribution is -2.38. The van der Waals surface area contributed by atoms with Crippen molar-refractivity contribution in [3.8, 4) is 0 Å². The Morgan fingerprint density at radius 1 is 0.711 bits per heavy atom. The van der Waals surface area contributed by atoms with Gasteiger partial charge in [0.15, 0.2) is 6.29 Å². The maximum absolute atomic E-state index is 11.5. The molecule has 206 valence electrons. The average molecular weight is 565 g/mol. The van der Waals surface area contributed by atoms with Crippen LogP contribution in [0.2, 0.25) is 0 Å². The van der Waals surface area contributed by atoms with Crippen LogP contribution < -0.4 is 0 Å². The number of hydrogen-bond acceptors (Lipinski definition) is 9. The van der Waals surface area contributed by atoms with E-state index in [1.165, 1.54) is 0 Å². The van der Waals surface area contributed by atoms with Gasteiger partial charge in [-0.1, -0.05) is 91.0 Å². The zero-order valence-corrected chi connectivity index (χ0v) is 22.8. The van der Waals surface area contributed by atoms with Crippen molar-refractivity contribution < 1.29 is 39.8 Å². The minimum Gasteiger partial charge on any atom is -0.373 e. The third kappa shape index (κ3) is 8.98. The van der Waals surface area contributed by atoms with E-state index in [4.69, 9.17) is 13.7 Å². The van der Waals surface area contributed by atoms with E-state index in [2.05, 4.69) is 4.18 Å². The maximum Gasteiger partial charge on any atom is 0.266 e. The van der Waals surface area contributed by atoms with Crippen LogP contribution in [0.1, 0.15) is 23.1 Å². The Kier molecular flexibility index (Phi) is 10.6. The SMILES string of the molecule is CS(=O)(=O)OCCO[C@H](COC(c1ccccc1)(c1ccccc1)c1ccccc1)CC(O)OS(C)(=O)=O. The molecule has 0 aromatic heterocycles. The molecule has 9 nitrogen and oxygen atoms in total. The lowest BCUT2D eigenvalue weighted by atomic mass is 9.80. The second kappa shape index (κ2) is 13.4. The highest BCUT2D eigenvalue weighted by atomic mass is 32.2. The van der Waals surface area contributed by atoms with Crippen molar-refractivity contribution in [1.29, 1.82) is 0 Å². The summed E-state index contributed by atoms with van der Waals surface area (Å²) in [7, 11) is -7.61. The molecule has 0 radical (unpaired) electrons. The van der Waals surface area contributed by atoms with Gasteiger partial charge in [0.2, 0.25) is 0 Å². The van der Waals surface area contributed by atoms with Crippen LogP contribution in [0.5, 0.6) is 0 Å². The first-order chi connectivity index (χ1) is 18.0. The molecule has 3 aromatic carbocycles. The number of rotatable bonds is 15. The molecule has 2 atom stereocenters. The lowest BCUT2D eigenvalue weighted by Gasteiger charge is -2.37. The highest BCUT2D eigenvalue weighted by molar-refractivity contribution is 7.86. The molecular formula is C27H32O9S2. The fraction of sp³-hybridized carbons (Fsp3) is 0.333. The van der Waals surface area contributed by atoms with Crippen molar-refractivity contribution in [3.63, 3.8) is 0 Å². The summed E-state index contributed by atoms with van der Waals surface area (Å²) in [6.07, 6.45) is -1.10. The Morgan fingerprint density at radius 3 is 1.55 bits per heavy atom. The van der Waals surface area contributed by atoms with E-state index in [1.807, 2.05) is 91.0 Å². The standard InChI is InChI=1S/C27H32O9S2/c1-37(29,30)35-19-18-33-25(20-26(28)36-38(2,31)32)21-34-27(22-12-6-3-7-13-22,23-14-8-4-9-15-23)24-16-10-5-11-17-24/h3-17,25-26,28H,18-21H2,1-2H3/t25-,26?/m0/s1. The van der Waals surface area contributed by atoms with Crippen molar-refractivity contribution >= 4 is 20.2 Å². The van der Waals surface area contributed by atoms with E-state index in [9.17, 15) is 21.9 Å². The Balaban J connectivity index is 1.96. The fourth-order valence-electron chi connectivity index (χ4n) is 4.04. The third-order valence-corrected chi connectivity index (χ3v) is 6.68. The molecule has 0 saturated heterocycles.